The van der Waals surface area contributed by atoms with E-state index in [1.807, 2.05) is 60.7 Å². The van der Waals surface area contributed by atoms with Crippen molar-refractivity contribution in [3.05, 3.63) is 198 Å². The topological polar surface area (TPSA) is 26.2 Å². The molecule has 6 aromatic carbocycles. The lowest BCUT2D eigenvalue weighted by atomic mass is 9.94. The van der Waals surface area contributed by atoms with E-state index in [-0.39, 0.29) is 0 Å². The summed E-state index contributed by atoms with van der Waals surface area (Å²) < 4.78 is 9.15. The van der Waals surface area contributed by atoms with E-state index >= 15 is 0 Å². The first-order valence-corrected chi connectivity index (χ1v) is 20.9. The Hall–Kier alpha value is -4.96. The molecule has 0 atom stereocenters. The highest BCUT2D eigenvalue weighted by atomic mass is 35.5. The number of aryl methyl sites for hydroxylation is 2. The normalized spacial score (nSPS) is 11.9. The Morgan fingerprint density at radius 3 is 1.92 bits per heavy atom. The number of rotatable bonds is 13. The van der Waals surface area contributed by atoms with Crippen LogP contribution in [0.2, 0.25) is 5.02 Å². The van der Waals surface area contributed by atoms with Crippen LogP contribution in [0.25, 0.3) is 33.0 Å². The second kappa shape index (κ2) is 16.0. The van der Waals surface area contributed by atoms with Crippen LogP contribution in [0.3, 0.4) is 0 Å². The van der Waals surface area contributed by atoms with Crippen LogP contribution in [0.5, 0.6) is 0 Å². The van der Waals surface area contributed by atoms with Gasteiger partial charge in [-0.05, 0) is 102 Å². The minimum absolute atomic E-state index is 0.688. The van der Waals surface area contributed by atoms with E-state index < -0.39 is 7.11 Å². The van der Waals surface area contributed by atoms with E-state index in [4.69, 9.17) is 22.5 Å². The van der Waals surface area contributed by atoms with E-state index in [0.29, 0.717) is 5.75 Å². The average molecular weight is 749 g/mol. The lowest BCUT2D eigenvalue weighted by Gasteiger charge is -2.27. The third kappa shape index (κ3) is 7.60. The summed E-state index contributed by atoms with van der Waals surface area (Å²) in [6, 6.07) is 50.2. The predicted molar refractivity (Wildman–Crippen MR) is 234 cm³/mol. The predicted octanol–water partition coefficient (Wildman–Crippen LogP) is 12.1. The zero-order chi connectivity index (χ0) is 37.0. The molecule has 0 saturated carbocycles. The summed E-state index contributed by atoms with van der Waals surface area (Å²) >= 11 is 7.89. The van der Waals surface area contributed by atoms with Crippen molar-refractivity contribution < 1.29 is 4.62 Å². The number of hydrogen-bond donors (Lipinski definition) is 1. The van der Waals surface area contributed by atoms with E-state index in [1.54, 1.807) is 11.8 Å². The van der Waals surface area contributed by atoms with Gasteiger partial charge in [0.25, 0.3) is 0 Å². The molecule has 1 heterocycles. The Labute approximate surface area is 322 Å². The maximum Gasteiger partial charge on any atom is 0.0872 e. The first kappa shape index (κ1) is 36.4. The molecule has 0 bridgehead atoms. The van der Waals surface area contributed by atoms with Crippen molar-refractivity contribution >= 4 is 80.3 Å². The minimum Gasteiger partial charge on any atom is -0.341 e. The van der Waals surface area contributed by atoms with E-state index in [1.165, 1.54) is 27.4 Å². The van der Waals surface area contributed by atoms with Crippen molar-refractivity contribution in [1.29, 1.82) is 0 Å². The van der Waals surface area contributed by atoms with Crippen LogP contribution in [0.1, 0.15) is 29.2 Å². The van der Waals surface area contributed by atoms with Gasteiger partial charge in [-0.15, -0.1) is 11.8 Å². The zero-order valence-electron chi connectivity index (χ0n) is 30.1. The molecule has 3 nitrogen and oxygen atoms in total. The molecule has 0 amide bonds. The minimum atomic E-state index is -2.55. The molecule has 7 aromatic rings. The number of allylic oxidation sites excluding steroid dienone is 1. The van der Waals surface area contributed by atoms with Crippen LogP contribution in [-0.2, 0) is 11.2 Å². The summed E-state index contributed by atoms with van der Waals surface area (Å²) in [6.45, 7) is 14.4. The highest BCUT2D eigenvalue weighted by Crippen LogP contribution is 2.44. The molecule has 0 aliphatic rings. The quantitative estimate of drug-likeness (QED) is 0.0550. The van der Waals surface area contributed by atoms with Gasteiger partial charge in [-0.2, -0.15) is 0 Å². The number of halogens is 1. The summed E-state index contributed by atoms with van der Waals surface area (Å²) in [6.07, 6.45) is 6.87. The first-order chi connectivity index (χ1) is 25.8. The highest BCUT2D eigenvalue weighted by Gasteiger charge is 2.23. The molecule has 6 heteroatoms. The van der Waals surface area contributed by atoms with Gasteiger partial charge < -0.3 is 4.57 Å². The number of nitrogens with zero attached hydrogens (tertiary/aromatic N) is 1. The Balaban J connectivity index is 1.27. The van der Waals surface area contributed by atoms with Crippen LogP contribution < -0.4 is 16.1 Å². The maximum absolute atomic E-state index is 6.78. The molecule has 1 aromatic heterocycles. The number of thioether (sulfide) groups is 1. The van der Waals surface area contributed by atoms with Crippen molar-refractivity contribution in [2.45, 2.75) is 25.3 Å². The van der Waals surface area contributed by atoms with E-state index in [2.05, 4.69) is 128 Å². The van der Waals surface area contributed by atoms with Crippen molar-refractivity contribution in [2.24, 2.45) is 0 Å². The summed E-state index contributed by atoms with van der Waals surface area (Å²) in [7, 11) is -2.55. The molecule has 0 aliphatic carbocycles. The molecule has 0 radical (unpaired) electrons. The van der Waals surface area contributed by atoms with Gasteiger partial charge >= 0.3 is 0 Å². The lowest BCUT2D eigenvalue weighted by molar-refractivity contribution is 0.270. The van der Waals surface area contributed by atoms with Gasteiger partial charge in [0, 0.05) is 54.6 Å². The second-order valence-corrected chi connectivity index (χ2v) is 17.2. The van der Waals surface area contributed by atoms with E-state index in [0.717, 1.165) is 60.6 Å². The standard InChI is InChI=1S/C47H42ClN2OPS/c1-6-50-46-27-21-36(34(3)42-20-14-13-15-33(42)2)31-43(46)44-32-37(22-28-47(44)50)35(4)45(29-30-53-41-25-23-38(48)24-26-41)49-51-52(5,39-16-9-7-10-17-39)40-18-11-8-12-19-40/h7-29,31-32,49H,3-6,30H2,1-2H3/b45-29-. The molecule has 7 rings (SSSR count). The fraction of sp³-hybridized carbons (Fsp3) is 0.0851. The van der Waals surface area contributed by atoms with Crippen molar-refractivity contribution in [3.8, 4) is 0 Å². The van der Waals surface area contributed by atoms with Gasteiger partial charge in [0.15, 0.2) is 0 Å². The molecule has 264 valence electrons. The molecular weight excluding hydrogens is 707 g/mol. The Bertz CT molecular complexity index is 2480. The zero-order valence-corrected chi connectivity index (χ0v) is 32.5. The summed E-state index contributed by atoms with van der Waals surface area (Å²) in [5, 5.41) is 5.15. The number of fused-ring (bicyclic) bond motifs is 3. The molecule has 0 fully saturated rings. The first-order valence-electron chi connectivity index (χ1n) is 17.7. The Morgan fingerprint density at radius 2 is 1.32 bits per heavy atom. The number of hydroxylamine groups is 1. The summed E-state index contributed by atoms with van der Waals surface area (Å²) in [5.74, 6) is 0.688. The summed E-state index contributed by atoms with van der Waals surface area (Å²) in [5.41, 5.74) is 12.9. The largest absolute Gasteiger partial charge is 0.341 e. The molecular formula is C47H42ClN2OPS. The average Bonchev–Trinajstić information content (AvgIpc) is 3.52. The smallest absolute Gasteiger partial charge is 0.0872 e. The number of benzene rings is 6. The third-order valence-corrected chi connectivity index (χ3v) is 13.5. The van der Waals surface area contributed by atoms with Gasteiger partial charge in [0.05, 0.1) is 12.8 Å². The third-order valence-electron chi connectivity index (χ3n) is 9.68. The van der Waals surface area contributed by atoms with Crippen molar-refractivity contribution in [2.75, 3.05) is 5.75 Å². The van der Waals surface area contributed by atoms with Crippen LogP contribution in [0, 0.1) is 6.92 Å². The molecule has 53 heavy (non-hydrogen) atoms. The van der Waals surface area contributed by atoms with Crippen LogP contribution in [0.15, 0.2) is 175 Å². The van der Waals surface area contributed by atoms with Gasteiger partial charge in [0.2, 0.25) is 0 Å². The Kier molecular flexibility index (Phi) is 11.0. The number of nitrogens with one attached hydrogen (secondary N) is 1. The second-order valence-electron chi connectivity index (χ2n) is 13.0. The van der Waals surface area contributed by atoms with Crippen LogP contribution in [-0.4, -0.2) is 16.6 Å². The number of hydrogen-bond acceptors (Lipinski definition) is 3. The number of aromatic nitrogens is 1. The molecule has 1 N–H and O–H groups in total. The molecule has 0 saturated heterocycles. The molecule has 0 spiro atoms. The van der Waals surface area contributed by atoms with Crippen LogP contribution >= 0.6 is 30.5 Å². The fourth-order valence-corrected chi connectivity index (χ4v) is 9.71. The molecule has 0 unspecified atom stereocenters. The van der Waals surface area contributed by atoms with Gasteiger partial charge in [-0.3, -0.25) is 5.48 Å². The Morgan fingerprint density at radius 1 is 0.755 bits per heavy atom. The monoisotopic (exact) mass is 748 g/mol. The van der Waals surface area contributed by atoms with Gasteiger partial charge in [0.1, 0.15) is 0 Å². The fourth-order valence-electron chi connectivity index (χ4n) is 6.74. The van der Waals surface area contributed by atoms with Gasteiger partial charge in [-0.1, -0.05) is 128 Å². The maximum atomic E-state index is 6.78. The van der Waals surface area contributed by atoms with Crippen molar-refractivity contribution in [1.82, 2.24) is 10.0 Å². The lowest BCUT2D eigenvalue weighted by Crippen LogP contribution is -2.25. The van der Waals surface area contributed by atoms with Crippen molar-refractivity contribution in [3.63, 3.8) is 0 Å². The SMILES string of the molecule is C=C(/C(=C/CSc1ccc(Cl)cc1)NOP(=C)(c1ccccc1)c1ccccc1)c1ccc2c(c1)c1cc(C(=C)c3ccccc3C)ccc1n2CC. The van der Waals surface area contributed by atoms with Gasteiger partial charge in [-0.25, -0.2) is 4.62 Å². The van der Waals surface area contributed by atoms with E-state index in [9.17, 15) is 0 Å². The van der Waals surface area contributed by atoms with Crippen LogP contribution in [0.4, 0.5) is 0 Å². The molecule has 0 aliphatic heterocycles. The summed E-state index contributed by atoms with van der Waals surface area (Å²) in [4.78, 5) is 1.13. The highest BCUT2D eigenvalue weighted by molar-refractivity contribution is 7.99.